The van der Waals surface area contributed by atoms with Crippen molar-refractivity contribution >= 4 is 16.9 Å². The predicted molar refractivity (Wildman–Crippen MR) is 82.6 cm³/mol. The quantitative estimate of drug-likeness (QED) is 0.752. The number of nitrogens with one attached hydrogen (secondary N) is 1. The van der Waals surface area contributed by atoms with E-state index >= 15 is 0 Å². The number of carbonyl (C=O) groups excluding carboxylic acids is 1. The monoisotopic (exact) mass is 332 g/mol. The summed E-state index contributed by atoms with van der Waals surface area (Å²) in [6.45, 7) is -2.68. The van der Waals surface area contributed by atoms with Gasteiger partial charge in [0.1, 0.15) is 11.4 Å². The van der Waals surface area contributed by atoms with Crippen LogP contribution in [0.25, 0.3) is 11.0 Å². The molecular weight excluding hydrogens is 318 g/mol. The van der Waals surface area contributed by atoms with Crippen LogP contribution in [-0.4, -0.2) is 17.7 Å². The minimum atomic E-state index is -2.88. The first-order chi connectivity index (χ1) is 11.6. The minimum Gasteiger partial charge on any atom is -0.435 e. The summed E-state index contributed by atoms with van der Waals surface area (Å²) in [5, 5.41) is 7.41. The molecule has 0 saturated heterocycles. The minimum absolute atomic E-state index is 0.0549. The van der Waals surface area contributed by atoms with Crippen LogP contribution in [0.5, 0.6) is 5.75 Å². The number of aromatic nitrogens is 1. The van der Waals surface area contributed by atoms with Gasteiger partial charge >= 0.3 is 6.61 Å². The highest BCUT2D eigenvalue weighted by molar-refractivity contribution is 5.86. The van der Waals surface area contributed by atoms with Gasteiger partial charge in [0.25, 0.3) is 0 Å². The molecule has 1 N–H and O–H groups in total. The number of alkyl halides is 2. The second kappa shape index (κ2) is 7.08. The Balaban J connectivity index is 1.59. The number of carbonyl (C=O) groups is 1. The molecule has 1 aromatic heterocycles. The Hall–Kier alpha value is -2.96. The SMILES string of the molecule is O=C(Cc1noc2ccccc12)NCc1cccc(OC(F)F)c1. The zero-order valence-corrected chi connectivity index (χ0v) is 12.5. The fourth-order valence-corrected chi connectivity index (χ4v) is 2.31. The van der Waals surface area contributed by atoms with E-state index in [4.69, 9.17) is 4.52 Å². The number of halogens is 2. The lowest BCUT2D eigenvalue weighted by molar-refractivity contribution is -0.120. The topological polar surface area (TPSA) is 64.4 Å². The van der Waals surface area contributed by atoms with Crippen LogP contribution in [0.4, 0.5) is 8.78 Å². The number of ether oxygens (including phenoxy) is 1. The van der Waals surface area contributed by atoms with Gasteiger partial charge in [0, 0.05) is 11.9 Å². The molecule has 0 aliphatic rings. The van der Waals surface area contributed by atoms with Crippen LogP contribution in [0.3, 0.4) is 0 Å². The third kappa shape index (κ3) is 3.87. The molecule has 0 spiro atoms. The van der Waals surface area contributed by atoms with Gasteiger partial charge < -0.3 is 14.6 Å². The van der Waals surface area contributed by atoms with Crippen LogP contribution in [0.1, 0.15) is 11.3 Å². The highest BCUT2D eigenvalue weighted by Gasteiger charge is 2.12. The first kappa shape index (κ1) is 15.9. The predicted octanol–water partition coefficient (Wildman–Crippen LogP) is 3.29. The van der Waals surface area contributed by atoms with E-state index in [2.05, 4.69) is 15.2 Å². The van der Waals surface area contributed by atoms with Gasteiger partial charge in [-0.2, -0.15) is 8.78 Å². The molecule has 0 bridgehead atoms. The number of fused-ring (bicyclic) bond motifs is 1. The molecule has 24 heavy (non-hydrogen) atoms. The van der Waals surface area contributed by atoms with Crippen molar-refractivity contribution in [2.75, 3.05) is 0 Å². The van der Waals surface area contributed by atoms with E-state index in [0.29, 0.717) is 16.8 Å². The zero-order valence-electron chi connectivity index (χ0n) is 12.5. The normalized spacial score (nSPS) is 11.0. The first-order valence-corrected chi connectivity index (χ1v) is 7.25. The molecule has 0 aliphatic heterocycles. The Morgan fingerprint density at radius 1 is 1.21 bits per heavy atom. The number of para-hydroxylation sites is 1. The number of hydrogen-bond donors (Lipinski definition) is 1. The molecule has 5 nitrogen and oxygen atoms in total. The molecule has 0 saturated carbocycles. The van der Waals surface area contributed by atoms with Gasteiger partial charge in [-0.3, -0.25) is 4.79 Å². The van der Waals surface area contributed by atoms with Crippen molar-refractivity contribution in [1.29, 1.82) is 0 Å². The fourth-order valence-electron chi connectivity index (χ4n) is 2.31. The lowest BCUT2D eigenvalue weighted by Crippen LogP contribution is -2.24. The van der Waals surface area contributed by atoms with Gasteiger partial charge in [0.15, 0.2) is 5.58 Å². The molecule has 0 fully saturated rings. The van der Waals surface area contributed by atoms with Crippen molar-refractivity contribution in [3.8, 4) is 5.75 Å². The summed E-state index contributed by atoms with van der Waals surface area (Å²) in [5.41, 5.74) is 1.83. The van der Waals surface area contributed by atoms with Crippen molar-refractivity contribution in [3.63, 3.8) is 0 Å². The highest BCUT2D eigenvalue weighted by atomic mass is 19.3. The van der Waals surface area contributed by atoms with Gasteiger partial charge in [-0.15, -0.1) is 0 Å². The number of hydrogen-bond acceptors (Lipinski definition) is 4. The molecule has 0 radical (unpaired) electrons. The average molecular weight is 332 g/mol. The number of benzene rings is 2. The molecule has 1 heterocycles. The molecule has 0 unspecified atom stereocenters. The molecule has 1 amide bonds. The van der Waals surface area contributed by atoms with Crippen LogP contribution in [0, 0.1) is 0 Å². The Kier molecular flexibility index (Phi) is 4.69. The Morgan fingerprint density at radius 2 is 2.04 bits per heavy atom. The first-order valence-electron chi connectivity index (χ1n) is 7.25. The van der Waals surface area contributed by atoms with Crippen LogP contribution < -0.4 is 10.1 Å². The summed E-state index contributed by atoms with van der Waals surface area (Å²) >= 11 is 0. The van der Waals surface area contributed by atoms with Crippen LogP contribution in [0.15, 0.2) is 53.1 Å². The molecule has 3 aromatic rings. The van der Waals surface area contributed by atoms with Gasteiger partial charge in [-0.25, -0.2) is 0 Å². The third-order valence-corrected chi connectivity index (χ3v) is 3.39. The van der Waals surface area contributed by atoms with Crippen LogP contribution in [-0.2, 0) is 17.8 Å². The molecule has 0 aliphatic carbocycles. The van der Waals surface area contributed by atoms with Gasteiger partial charge in [0.2, 0.25) is 5.91 Å². The number of rotatable bonds is 6. The third-order valence-electron chi connectivity index (χ3n) is 3.39. The van der Waals surface area contributed by atoms with Crippen molar-refractivity contribution in [2.45, 2.75) is 19.6 Å². The summed E-state index contributed by atoms with van der Waals surface area (Å²) in [6, 6.07) is 13.5. The van der Waals surface area contributed by atoms with E-state index in [0.717, 1.165) is 5.39 Å². The van der Waals surface area contributed by atoms with Crippen LogP contribution >= 0.6 is 0 Å². The Bertz CT molecular complexity index is 848. The largest absolute Gasteiger partial charge is 0.435 e. The molecule has 7 heteroatoms. The summed E-state index contributed by atoms with van der Waals surface area (Å²) in [5.74, 6) is -0.187. The lowest BCUT2D eigenvalue weighted by Gasteiger charge is -2.08. The Labute approximate surface area is 136 Å². The molecule has 2 aromatic carbocycles. The highest BCUT2D eigenvalue weighted by Crippen LogP contribution is 2.18. The van der Waals surface area contributed by atoms with E-state index in [1.54, 1.807) is 18.2 Å². The van der Waals surface area contributed by atoms with Crippen molar-refractivity contribution < 1.29 is 22.8 Å². The molecule has 124 valence electrons. The maximum absolute atomic E-state index is 12.2. The molecule has 0 atom stereocenters. The van der Waals surface area contributed by atoms with E-state index in [1.165, 1.54) is 12.1 Å². The van der Waals surface area contributed by atoms with E-state index in [1.807, 2.05) is 18.2 Å². The summed E-state index contributed by atoms with van der Waals surface area (Å²) in [6.07, 6.45) is 0.0736. The van der Waals surface area contributed by atoms with Gasteiger partial charge in [-0.05, 0) is 29.8 Å². The maximum atomic E-state index is 12.2. The van der Waals surface area contributed by atoms with E-state index < -0.39 is 6.61 Å². The summed E-state index contributed by atoms with van der Waals surface area (Å²) < 4.78 is 33.9. The Morgan fingerprint density at radius 3 is 2.88 bits per heavy atom. The maximum Gasteiger partial charge on any atom is 0.387 e. The number of nitrogens with zero attached hydrogens (tertiary/aromatic N) is 1. The summed E-state index contributed by atoms with van der Waals surface area (Å²) in [4.78, 5) is 12.0. The van der Waals surface area contributed by atoms with Crippen molar-refractivity contribution in [2.24, 2.45) is 0 Å². The smallest absolute Gasteiger partial charge is 0.387 e. The molecule has 3 rings (SSSR count). The van der Waals surface area contributed by atoms with E-state index in [-0.39, 0.29) is 24.6 Å². The standard InChI is InChI=1S/C17H14F2N2O3/c18-17(19)23-12-5-3-4-11(8-12)10-20-16(22)9-14-13-6-1-2-7-15(13)24-21-14/h1-8,17H,9-10H2,(H,20,22). The number of amides is 1. The fraction of sp³-hybridized carbons (Fsp3) is 0.176. The second-order valence-corrected chi connectivity index (χ2v) is 5.10. The molecular formula is C17H14F2N2O3. The average Bonchev–Trinajstić information content (AvgIpc) is 2.96. The van der Waals surface area contributed by atoms with Gasteiger partial charge in [-0.1, -0.05) is 29.4 Å². The van der Waals surface area contributed by atoms with Crippen LogP contribution in [0.2, 0.25) is 0 Å². The second-order valence-electron chi connectivity index (χ2n) is 5.10. The van der Waals surface area contributed by atoms with Gasteiger partial charge in [0.05, 0.1) is 6.42 Å². The van der Waals surface area contributed by atoms with Crippen molar-refractivity contribution in [3.05, 3.63) is 59.8 Å². The lowest BCUT2D eigenvalue weighted by atomic mass is 10.1. The van der Waals surface area contributed by atoms with E-state index in [9.17, 15) is 13.6 Å². The summed E-state index contributed by atoms with van der Waals surface area (Å²) in [7, 11) is 0. The zero-order chi connectivity index (χ0) is 16.9. The van der Waals surface area contributed by atoms with Crippen molar-refractivity contribution in [1.82, 2.24) is 10.5 Å².